The fourth-order valence-electron chi connectivity index (χ4n) is 1.10. The van der Waals surface area contributed by atoms with E-state index in [1.54, 1.807) is 6.92 Å². The van der Waals surface area contributed by atoms with Crippen molar-refractivity contribution in [3.8, 4) is 0 Å². The van der Waals surface area contributed by atoms with Gasteiger partial charge >= 0.3 is 0 Å². The number of rotatable bonds is 1. The Labute approximate surface area is 66.9 Å². The topological polar surface area (TPSA) is 32.8 Å². The van der Waals surface area contributed by atoms with Crippen LogP contribution in [0.25, 0.3) is 0 Å². The van der Waals surface area contributed by atoms with Gasteiger partial charge in [-0.2, -0.15) is 0 Å². The summed E-state index contributed by atoms with van der Waals surface area (Å²) >= 11 is 0. The predicted octanol–water partition coefficient (Wildman–Crippen LogP) is 2.19. The molecule has 1 unspecified atom stereocenters. The Hall–Kier alpha value is -0.890. The van der Waals surface area contributed by atoms with Crippen LogP contribution >= 0.6 is 0 Å². The van der Waals surface area contributed by atoms with Crippen LogP contribution in [0.2, 0.25) is 0 Å². The zero-order chi connectivity index (χ0) is 8.43. The zero-order valence-electron chi connectivity index (χ0n) is 7.09. The molecule has 0 fully saturated rings. The summed E-state index contributed by atoms with van der Waals surface area (Å²) in [6.07, 6.45) is -0.643. The molecular formula is C9H12NO. The van der Waals surface area contributed by atoms with Crippen LogP contribution in [0.1, 0.15) is 30.0 Å². The smallest absolute Gasteiger partial charge is 0.115 e. The molecular weight excluding hydrogens is 138 g/mol. The number of aromatic nitrogens is 1. The molecule has 1 atom stereocenters. The Morgan fingerprint density at radius 2 is 1.73 bits per heavy atom. The first-order valence-corrected chi connectivity index (χ1v) is 3.70. The molecule has 0 amide bonds. The van der Waals surface area contributed by atoms with E-state index in [1.165, 1.54) is 0 Å². The van der Waals surface area contributed by atoms with E-state index >= 15 is 0 Å². The highest BCUT2D eigenvalue weighted by molar-refractivity contribution is 5.21. The van der Waals surface area contributed by atoms with E-state index < -0.39 is 6.10 Å². The minimum absolute atomic E-state index is 0.643. The van der Waals surface area contributed by atoms with Crippen molar-refractivity contribution >= 4 is 0 Å². The van der Waals surface area contributed by atoms with Gasteiger partial charge in [0.2, 0.25) is 0 Å². The van der Waals surface area contributed by atoms with Gasteiger partial charge in [0, 0.05) is 11.4 Å². The second-order valence-corrected chi connectivity index (χ2v) is 2.83. The summed E-state index contributed by atoms with van der Waals surface area (Å²) in [5.74, 6) is 0. The average molecular weight is 150 g/mol. The molecule has 1 heterocycles. The van der Waals surface area contributed by atoms with Gasteiger partial charge < -0.3 is 0 Å². The minimum atomic E-state index is -0.643. The highest BCUT2D eigenvalue weighted by Crippen LogP contribution is 2.13. The second-order valence-electron chi connectivity index (χ2n) is 2.83. The third-order valence-corrected chi connectivity index (χ3v) is 1.57. The average Bonchev–Trinajstić information content (AvgIpc) is 1.85. The summed E-state index contributed by atoms with van der Waals surface area (Å²) in [6, 6.07) is 3.68. The maximum absolute atomic E-state index is 11.0. The van der Waals surface area contributed by atoms with Crippen molar-refractivity contribution in [2.24, 2.45) is 0 Å². The first-order chi connectivity index (χ1) is 5.09. The quantitative estimate of drug-likeness (QED) is 0.604. The molecule has 0 aliphatic rings. The monoisotopic (exact) mass is 150 g/mol. The molecule has 1 radical (unpaired) electrons. The van der Waals surface area contributed by atoms with E-state index in [1.807, 2.05) is 26.0 Å². The third-order valence-electron chi connectivity index (χ3n) is 1.57. The maximum atomic E-state index is 11.0. The first kappa shape index (κ1) is 8.21. The Bertz CT molecular complexity index is 235. The molecule has 2 heteroatoms. The fraction of sp³-hybridized carbons (Fsp3) is 0.444. The standard InChI is InChI=1S/C9H12NO/c1-6-4-9(8(3)11)5-7(2)10-6/h4-5,8H,1-3H3. The summed E-state index contributed by atoms with van der Waals surface area (Å²) in [7, 11) is 0. The molecule has 1 aromatic heterocycles. The highest BCUT2D eigenvalue weighted by atomic mass is 16.3. The van der Waals surface area contributed by atoms with Crippen molar-refractivity contribution in [3.63, 3.8) is 0 Å². The van der Waals surface area contributed by atoms with Crippen molar-refractivity contribution in [3.05, 3.63) is 29.1 Å². The van der Waals surface area contributed by atoms with Crippen molar-refractivity contribution in [2.75, 3.05) is 0 Å². The van der Waals surface area contributed by atoms with Crippen LogP contribution in [-0.2, 0) is 5.11 Å². The number of nitrogens with zero attached hydrogens (tertiary/aromatic N) is 1. The summed E-state index contributed by atoms with van der Waals surface area (Å²) in [5, 5.41) is 11.0. The molecule has 0 saturated heterocycles. The predicted molar refractivity (Wildman–Crippen MR) is 42.8 cm³/mol. The van der Waals surface area contributed by atoms with Gasteiger partial charge in [0.05, 0.1) is 0 Å². The third kappa shape index (κ3) is 2.02. The summed E-state index contributed by atoms with van der Waals surface area (Å²) in [4.78, 5) is 4.18. The Morgan fingerprint density at radius 3 is 2.09 bits per heavy atom. The number of pyridine rings is 1. The molecule has 0 aliphatic heterocycles. The number of hydrogen-bond acceptors (Lipinski definition) is 1. The van der Waals surface area contributed by atoms with Gasteiger partial charge in [-0.15, -0.1) is 0 Å². The molecule has 2 nitrogen and oxygen atoms in total. The number of hydrogen-bond donors (Lipinski definition) is 0. The fourth-order valence-corrected chi connectivity index (χ4v) is 1.10. The van der Waals surface area contributed by atoms with Gasteiger partial charge in [-0.25, -0.2) is 5.11 Å². The molecule has 59 valence electrons. The van der Waals surface area contributed by atoms with E-state index in [2.05, 4.69) is 4.98 Å². The molecule has 0 aliphatic carbocycles. The van der Waals surface area contributed by atoms with Crippen molar-refractivity contribution in [1.82, 2.24) is 4.98 Å². The van der Waals surface area contributed by atoms with Crippen LogP contribution in [0.15, 0.2) is 12.1 Å². The lowest BCUT2D eigenvalue weighted by Gasteiger charge is -2.04. The molecule has 0 N–H and O–H groups in total. The van der Waals surface area contributed by atoms with E-state index in [0.29, 0.717) is 0 Å². The van der Waals surface area contributed by atoms with Crippen LogP contribution in [0, 0.1) is 13.8 Å². The lowest BCUT2D eigenvalue weighted by Crippen LogP contribution is -1.94. The van der Waals surface area contributed by atoms with Gasteiger partial charge in [-0.1, -0.05) is 0 Å². The molecule has 0 spiro atoms. The number of aryl methyl sites for hydroxylation is 2. The van der Waals surface area contributed by atoms with Crippen molar-refractivity contribution in [2.45, 2.75) is 26.9 Å². The van der Waals surface area contributed by atoms with Gasteiger partial charge in [-0.3, -0.25) is 4.98 Å². The summed E-state index contributed by atoms with van der Waals surface area (Å²) < 4.78 is 0. The first-order valence-electron chi connectivity index (χ1n) is 3.70. The van der Waals surface area contributed by atoms with E-state index in [0.717, 1.165) is 17.0 Å². The lowest BCUT2D eigenvalue weighted by molar-refractivity contribution is 0.106. The van der Waals surface area contributed by atoms with Crippen LogP contribution in [0.4, 0.5) is 0 Å². The van der Waals surface area contributed by atoms with E-state index in [-0.39, 0.29) is 0 Å². The van der Waals surface area contributed by atoms with Gasteiger partial charge in [0.1, 0.15) is 6.10 Å². The minimum Gasteiger partial charge on any atom is -0.258 e. The van der Waals surface area contributed by atoms with Gasteiger partial charge in [0.15, 0.2) is 0 Å². The van der Waals surface area contributed by atoms with E-state index in [9.17, 15) is 5.11 Å². The van der Waals surface area contributed by atoms with Crippen LogP contribution in [0.3, 0.4) is 0 Å². The molecule has 0 saturated carbocycles. The molecule has 1 rings (SSSR count). The SMILES string of the molecule is Cc1cc(C(C)[O])cc(C)n1. The van der Waals surface area contributed by atoms with Crippen LogP contribution in [0.5, 0.6) is 0 Å². The largest absolute Gasteiger partial charge is 0.258 e. The van der Waals surface area contributed by atoms with Gasteiger partial charge in [-0.05, 0) is 38.5 Å². The van der Waals surface area contributed by atoms with Crippen LogP contribution in [-0.4, -0.2) is 4.98 Å². The summed E-state index contributed by atoms with van der Waals surface area (Å²) in [6.45, 7) is 5.45. The van der Waals surface area contributed by atoms with Crippen molar-refractivity contribution < 1.29 is 5.11 Å². The Balaban J connectivity index is 3.08. The Kier molecular flexibility index (Phi) is 2.25. The molecule has 1 aromatic rings. The zero-order valence-corrected chi connectivity index (χ0v) is 7.09. The Morgan fingerprint density at radius 1 is 1.27 bits per heavy atom. The summed E-state index contributed by atoms with van der Waals surface area (Å²) in [5.41, 5.74) is 2.67. The molecule has 11 heavy (non-hydrogen) atoms. The highest BCUT2D eigenvalue weighted by Gasteiger charge is 2.03. The van der Waals surface area contributed by atoms with Gasteiger partial charge in [0.25, 0.3) is 0 Å². The molecule has 0 aromatic carbocycles. The van der Waals surface area contributed by atoms with Crippen molar-refractivity contribution in [1.29, 1.82) is 0 Å². The maximum Gasteiger partial charge on any atom is 0.115 e. The van der Waals surface area contributed by atoms with Crippen LogP contribution < -0.4 is 0 Å². The van der Waals surface area contributed by atoms with E-state index in [4.69, 9.17) is 0 Å². The second kappa shape index (κ2) is 3.01. The normalized spacial score (nSPS) is 13.1. The lowest BCUT2D eigenvalue weighted by atomic mass is 10.1. The molecule has 0 bridgehead atoms.